The molecule has 7 nitrogen and oxygen atoms in total. The van der Waals surface area contributed by atoms with Crippen molar-refractivity contribution in [3.8, 4) is 11.1 Å². The summed E-state index contributed by atoms with van der Waals surface area (Å²) >= 11 is 0. The second-order valence-electron chi connectivity index (χ2n) is 8.19. The molecule has 1 aliphatic heterocycles. The van der Waals surface area contributed by atoms with Crippen LogP contribution in [0.2, 0.25) is 0 Å². The molecule has 4 rings (SSSR count). The lowest BCUT2D eigenvalue weighted by molar-refractivity contribution is 0.199. The highest BCUT2D eigenvalue weighted by atomic mass is 16.5. The second-order valence-corrected chi connectivity index (χ2v) is 8.19. The third-order valence-electron chi connectivity index (χ3n) is 5.79. The molecular weight excluding hydrogens is 388 g/mol. The minimum absolute atomic E-state index is 0.476. The number of nitrogen functional groups attached to an aromatic ring is 1. The van der Waals surface area contributed by atoms with Crippen molar-refractivity contribution in [1.29, 1.82) is 0 Å². The van der Waals surface area contributed by atoms with E-state index in [-0.39, 0.29) is 0 Å². The molecule has 0 aliphatic carbocycles. The third-order valence-corrected chi connectivity index (χ3v) is 5.79. The van der Waals surface area contributed by atoms with Crippen molar-refractivity contribution < 1.29 is 4.74 Å². The van der Waals surface area contributed by atoms with Gasteiger partial charge in [-0.3, -0.25) is 9.88 Å². The van der Waals surface area contributed by atoms with E-state index in [4.69, 9.17) is 15.5 Å². The smallest absolute Gasteiger partial charge is 0.130 e. The van der Waals surface area contributed by atoms with E-state index in [0.29, 0.717) is 18.3 Å². The Labute approximate surface area is 183 Å². The van der Waals surface area contributed by atoms with Crippen molar-refractivity contribution in [3.05, 3.63) is 65.6 Å². The molecule has 3 aromatic heterocycles. The maximum absolute atomic E-state index is 5.74. The molecule has 0 saturated carbocycles. The summed E-state index contributed by atoms with van der Waals surface area (Å²) in [4.78, 5) is 20.5. The number of methoxy groups -OCH3 is 1. The van der Waals surface area contributed by atoms with Crippen LogP contribution in [-0.2, 0) is 17.7 Å². The highest BCUT2D eigenvalue weighted by molar-refractivity contribution is 5.64. The van der Waals surface area contributed by atoms with Crippen molar-refractivity contribution >= 4 is 5.82 Å². The fourth-order valence-corrected chi connectivity index (χ4v) is 4.08. The van der Waals surface area contributed by atoms with Crippen LogP contribution in [0, 0.1) is 6.92 Å². The molecule has 2 N–H and O–H groups in total. The summed E-state index contributed by atoms with van der Waals surface area (Å²) in [6.07, 6.45) is 8.67. The summed E-state index contributed by atoms with van der Waals surface area (Å²) in [5.41, 5.74) is 11.3. The lowest BCUT2D eigenvalue weighted by Gasteiger charge is -2.31. The molecule has 0 atom stereocenters. The number of aromatic nitrogens is 4. The Hall–Kier alpha value is -2.90. The standard InChI is InChI=1S/C24H30N6O/c1-17-11-21(20-3-4-23(25)26-15-20)12-22(29-17)19-5-8-30(9-6-19)16-18-13-27-24(28-14-18)7-10-31-2/h3-4,11-15,19H,5-10,16H2,1-2H3,(H2,25,26). The van der Waals surface area contributed by atoms with E-state index in [1.54, 1.807) is 7.11 Å². The number of ether oxygens (including phenoxy) is 1. The Kier molecular flexibility index (Phi) is 6.84. The van der Waals surface area contributed by atoms with Gasteiger partial charge in [-0.1, -0.05) is 0 Å². The minimum atomic E-state index is 0.476. The van der Waals surface area contributed by atoms with Crippen LogP contribution >= 0.6 is 0 Å². The van der Waals surface area contributed by atoms with Gasteiger partial charge in [0, 0.05) is 67.1 Å². The van der Waals surface area contributed by atoms with Crippen LogP contribution in [0.5, 0.6) is 0 Å². The highest BCUT2D eigenvalue weighted by Crippen LogP contribution is 2.30. The Bertz CT molecular complexity index is 982. The summed E-state index contributed by atoms with van der Waals surface area (Å²) in [5.74, 6) is 1.85. The zero-order chi connectivity index (χ0) is 21.6. The molecule has 162 valence electrons. The predicted octanol–water partition coefficient (Wildman–Crippen LogP) is 3.39. The summed E-state index contributed by atoms with van der Waals surface area (Å²) in [7, 11) is 1.69. The summed E-state index contributed by atoms with van der Waals surface area (Å²) < 4.78 is 5.09. The number of nitrogens with zero attached hydrogens (tertiary/aromatic N) is 5. The molecule has 31 heavy (non-hydrogen) atoms. The molecule has 0 amide bonds. The largest absolute Gasteiger partial charge is 0.384 e. The zero-order valence-corrected chi connectivity index (χ0v) is 18.3. The first-order chi connectivity index (χ1) is 15.1. The maximum atomic E-state index is 5.74. The number of hydrogen-bond donors (Lipinski definition) is 1. The van der Waals surface area contributed by atoms with Crippen molar-refractivity contribution in [2.75, 3.05) is 32.5 Å². The number of anilines is 1. The lowest BCUT2D eigenvalue weighted by atomic mass is 9.91. The zero-order valence-electron chi connectivity index (χ0n) is 18.3. The van der Waals surface area contributed by atoms with E-state index >= 15 is 0 Å². The Balaban J connectivity index is 1.37. The molecule has 1 aliphatic rings. The predicted molar refractivity (Wildman–Crippen MR) is 121 cm³/mol. The van der Waals surface area contributed by atoms with Crippen LogP contribution in [-0.4, -0.2) is 51.6 Å². The number of likely N-dealkylation sites (tertiary alicyclic amines) is 1. The Morgan fingerprint density at radius 3 is 2.48 bits per heavy atom. The number of pyridine rings is 2. The SMILES string of the molecule is COCCc1ncc(CN2CCC(c3cc(-c4ccc(N)nc4)cc(C)n3)CC2)cn1. The van der Waals surface area contributed by atoms with E-state index in [2.05, 4.69) is 38.9 Å². The lowest BCUT2D eigenvalue weighted by Crippen LogP contribution is -2.32. The van der Waals surface area contributed by atoms with Crippen LogP contribution in [0.4, 0.5) is 5.82 Å². The minimum Gasteiger partial charge on any atom is -0.384 e. The number of nitrogens with two attached hydrogens (primary N) is 1. The second kappa shape index (κ2) is 9.94. The van der Waals surface area contributed by atoms with Crippen molar-refractivity contribution in [1.82, 2.24) is 24.8 Å². The van der Waals surface area contributed by atoms with E-state index in [1.165, 1.54) is 5.69 Å². The topological polar surface area (TPSA) is 90.0 Å². The van der Waals surface area contributed by atoms with Gasteiger partial charge in [0.2, 0.25) is 0 Å². The molecule has 0 spiro atoms. The van der Waals surface area contributed by atoms with Crippen molar-refractivity contribution in [2.45, 2.75) is 38.6 Å². The molecule has 0 radical (unpaired) electrons. The fourth-order valence-electron chi connectivity index (χ4n) is 4.08. The van der Waals surface area contributed by atoms with Crippen LogP contribution in [0.25, 0.3) is 11.1 Å². The van der Waals surface area contributed by atoms with Gasteiger partial charge in [0.1, 0.15) is 11.6 Å². The van der Waals surface area contributed by atoms with Gasteiger partial charge in [-0.25, -0.2) is 15.0 Å². The molecule has 1 fully saturated rings. The van der Waals surface area contributed by atoms with Gasteiger partial charge < -0.3 is 10.5 Å². The Morgan fingerprint density at radius 1 is 1.03 bits per heavy atom. The highest BCUT2D eigenvalue weighted by Gasteiger charge is 2.22. The average Bonchev–Trinajstić information content (AvgIpc) is 2.79. The van der Waals surface area contributed by atoms with E-state index in [0.717, 1.165) is 67.1 Å². The number of piperidine rings is 1. The number of aryl methyl sites for hydroxylation is 1. The van der Waals surface area contributed by atoms with E-state index < -0.39 is 0 Å². The third kappa shape index (κ3) is 5.62. The molecule has 1 saturated heterocycles. The van der Waals surface area contributed by atoms with Gasteiger partial charge in [0.05, 0.1) is 6.61 Å². The van der Waals surface area contributed by atoms with Crippen LogP contribution in [0.15, 0.2) is 42.9 Å². The molecule has 0 unspecified atom stereocenters. The van der Waals surface area contributed by atoms with Gasteiger partial charge in [-0.05, 0) is 62.7 Å². The number of hydrogen-bond acceptors (Lipinski definition) is 7. The first kappa shape index (κ1) is 21.3. The number of rotatable bonds is 7. The molecule has 3 aromatic rings. The van der Waals surface area contributed by atoms with Crippen molar-refractivity contribution in [2.24, 2.45) is 0 Å². The van der Waals surface area contributed by atoms with Gasteiger partial charge in [-0.2, -0.15) is 0 Å². The van der Waals surface area contributed by atoms with Crippen LogP contribution < -0.4 is 5.73 Å². The monoisotopic (exact) mass is 418 g/mol. The quantitative estimate of drug-likeness (QED) is 0.629. The first-order valence-corrected chi connectivity index (χ1v) is 10.8. The van der Waals surface area contributed by atoms with Crippen molar-refractivity contribution in [3.63, 3.8) is 0 Å². The summed E-state index contributed by atoms with van der Waals surface area (Å²) in [6, 6.07) is 8.19. The van der Waals surface area contributed by atoms with Gasteiger partial charge in [-0.15, -0.1) is 0 Å². The fraction of sp³-hybridized carbons (Fsp3) is 0.417. The average molecular weight is 419 g/mol. The molecular formula is C24H30N6O. The summed E-state index contributed by atoms with van der Waals surface area (Å²) in [6.45, 7) is 5.69. The maximum Gasteiger partial charge on any atom is 0.130 e. The van der Waals surface area contributed by atoms with E-state index in [1.807, 2.05) is 30.7 Å². The van der Waals surface area contributed by atoms with Crippen LogP contribution in [0.3, 0.4) is 0 Å². The molecule has 0 bridgehead atoms. The normalized spacial score (nSPS) is 15.3. The van der Waals surface area contributed by atoms with E-state index in [9.17, 15) is 0 Å². The molecule has 4 heterocycles. The Morgan fingerprint density at radius 2 is 1.81 bits per heavy atom. The molecule has 0 aromatic carbocycles. The summed E-state index contributed by atoms with van der Waals surface area (Å²) in [5, 5.41) is 0. The first-order valence-electron chi connectivity index (χ1n) is 10.8. The van der Waals surface area contributed by atoms with Gasteiger partial charge in [0.15, 0.2) is 0 Å². The van der Waals surface area contributed by atoms with Gasteiger partial charge in [0.25, 0.3) is 0 Å². The van der Waals surface area contributed by atoms with Gasteiger partial charge >= 0.3 is 0 Å². The van der Waals surface area contributed by atoms with Crippen LogP contribution in [0.1, 0.15) is 41.5 Å². The molecule has 7 heteroatoms.